The maximum Gasteiger partial charge on any atom is 0.356 e. The Morgan fingerprint density at radius 3 is 2.71 bits per heavy atom. The lowest BCUT2D eigenvalue weighted by atomic mass is 10.2. The zero-order chi connectivity index (χ0) is 17.2. The molecule has 0 saturated carbocycles. The topological polar surface area (TPSA) is 90.0 Å². The standard InChI is InChI=1S/C15H16BrN3O5/c1-22-11-7-10(8-18-14(11)16)19-6-2-5-17-9-15(19)23-12(20)3-4-13(21)24-15/h3-4,7-8,17H,2,5-6,9H2,1H3. The molecule has 0 radical (unpaired) electrons. The van der Waals surface area contributed by atoms with Gasteiger partial charge in [0.05, 0.1) is 25.5 Å². The number of methoxy groups -OCH3 is 1. The molecule has 128 valence electrons. The van der Waals surface area contributed by atoms with E-state index in [1.54, 1.807) is 17.2 Å². The van der Waals surface area contributed by atoms with Crippen molar-refractivity contribution in [1.82, 2.24) is 10.3 Å². The Bertz CT molecular complexity index is 674. The molecule has 1 aromatic rings. The van der Waals surface area contributed by atoms with Crippen LogP contribution in [-0.4, -0.2) is 49.6 Å². The molecule has 1 saturated heterocycles. The fraction of sp³-hybridized carbons (Fsp3) is 0.400. The summed E-state index contributed by atoms with van der Waals surface area (Å²) in [5.41, 5.74) is 0.612. The first-order valence-corrected chi connectivity index (χ1v) is 8.15. The molecule has 0 bridgehead atoms. The van der Waals surface area contributed by atoms with E-state index in [4.69, 9.17) is 14.2 Å². The van der Waals surface area contributed by atoms with Gasteiger partial charge in [-0.05, 0) is 28.9 Å². The van der Waals surface area contributed by atoms with Gasteiger partial charge in [0.2, 0.25) is 0 Å². The summed E-state index contributed by atoms with van der Waals surface area (Å²) in [4.78, 5) is 29.8. The Kier molecular flexibility index (Phi) is 4.72. The van der Waals surface area contributed by atoms with E-state index >= 15 is 0 Å². The number of halogens is 1. The Hall–Kier alpha value is -2.13. The first kappa shape index (κ1) is 16.7. The quantitative estimate of drug-likeness (QED) is 0.582. The number of rotatable bonds is 2. The average molecular weight is 398 g/mol. The molecule has 2 aliphatic rings. The van der Waals surface area contributed by atoms with Gasteiger partial charge >= 0.3 is 17.8 Å². The van der Waals surface area contributed by atoms with Gasteiger partial charge in [-0.1, -0.05) is 0 Å². The van der Waals surface area contributed by atoms with E-state index in [1.165, 1.54) is 7.11 Å². The molecular weight excluding hydrogens is 382 g/mol. The predicted molar refractivity (Wildman–Crippen MR) is 87.4 cm³/mol. The monoisotopic (exact) mass is 397 g/mol. The average Bonchev–Trinajstić information content (AvgIpc) is 2.84. The van der Waals surface area contributed by atoms with Crippen LogP contribution in [-0.2, 0) is 19.1 Å². The largest absolute Gasteiger partial charge is 0.494 e. The van der Waals surface area contributed by atoms with Gasteiger partial charge in [-0.2, -0.15) is 0 Å². The molecule has 24 heavy (non-hydrogen) atoms. The Balaban J connectivity index is 2.04. The Morgan fingerprint density at radius 1 is 1.33 bits per heavy atom. The molecule has 1 aromatic heterocycles. The Morgan fingerprint density at radius 2 is 2.04 bits per heavy atom. The summed E-state index contributed by atoms with van der Waals surface area (Å²) in [6.07, 6.45) is 4.48. The van der Waals surface area contributed by atoms with Crippen molar-refractivity contribution in [2.45, 2.75) is 12.3 Å². The molecule has 0 amide bonds. The number of nitrogens with zero attached hydrogens (tertiary/aromatic N) is 2. The van der Waals surface area contributed by atoms with E-state index in [2.05, 4.69) is 26.2 Å². The van der Waals surface area contributed by atoms with Crippen LogP contribution in [0, 0.1) is 0 Å². The summed E-state index contributed by atoms with van der Waals surface area (Å²) in [5, 5.41) is 3.13. The first-order valence-electron chi connectivity index (χ1n) is 7.36. The third kappa shape index (κ3) is 3.22. The summed E-state index contributed by atoms with van der Waals surface area (Å²) in [7, 11) is 1.53. The van der Waals surface area contributed by atoms with Crippen LogP contribution in [0.15, 0.2) is 29.0 Å². The SMILES string of the molecule is COc1cc(N2CCCNCC23OC(=O)C=CC(=O)O3)cnc1Br. The van der Waals surface area contributed by atoms with Gasteiger partial charge in [-0.15, -0.1) is 0 Å². The molecule has 9 heteroatoms. The summed E-state index contributed by atoms with van der Waals surface area (Å²) in [6, 6.07) is 1.74. The summed E-state index contributed by atoms with van der Waals surface area (Å²) < 4.78 is 16.8. The second kappa shape index (κ2) is 6.78. The molecule has 0 unspecified atom stereocenters. The highest BCUT2D eigenvalue weighted by molar-refractivity contribution is 9.10. The van der Waals surface area contributed by atoms with E-state index in [1.807, 2.05) is 0 Å². The minimum Gasteiger partial charge on any atom is -0.494 e. The van der Waals surface area contributed by atoms with Gasteiger partial charge in [0, 0.05) is 24.8 Å². The molecule has 0 aromatic carbocycles. The third-order valence-electron chi connectivity index (χ3n) is 3.69. The molecule has 1 N–H and O–H groups in total. The van der Waals surface area contributed by atoms with Gasteiger partial charge in [0.25, 0.3) is 0 Å². The Labute approximate surface area is 146 Å². The number of anilines is 1. The first-order chi connectivity index (χ1) is 11.5. The maximum absolute atomic E-state index is 11.9. The van der Waals surface area contributed by atoms with Crippen LogP contribution in [0.3, 0.4) is 0 Å². The molecule has 8 nitrogen and oxygen atoms in total. The summed E-state index contributed by atoms with van der Waals surface area (Å²) in [6.45, 7) is 1.34. The predicted octanol–water partition coefficient (Wildman–Crippen LogP) is 0.962. The highest BCUT2D eigenvalue weighted by Gasteiger charge is 2.47. The van der Waals surface area contributed by atoms with Gasteiger partial charge in [0.1, 0.15) is 4.60 Å². The van der Waals surface area contributed by atoms with Crippen molar-refractivity contribution in [3.05, 3.63) is 29.0 Å². The number of carbonyl (C=O) groups excluding carboxylic acids is 2. The van der Waals surface area contributed by atoms with Crippen LogP contribution >= 0.6 is 15.9 Å². The number of esters is 2. The third-order valence-corrected chi connectivity index (χ3v) is 4.29. The van der Waals surface area contributed by atoms with Crippen LogP contribution in [0.25, 0.3) is 0 Å². The number of aromatic nitrogens is 1. The van der Waals surface area contributed by atoms with Crippen molar-refractivity contribution in [3.8, 4) is 5.75 Å². The fourth-order valence-electron chi connectivity index (χ4n) is 2.63. The molecule has 3 rings (SSSR count). The lowest BCUT2D eigenvalue weighted by molar-refractivity contribution is -0.217. The summed E-state index contributed by atoms with van der Waals surface area (Å²) in [5.74, 6) is -2.35. The highest BCUT2D eigenvalue weighted by atomic mass is 79.9. The van der Waals surface area contributed by atoms with Gasteiger partial charge in [-0.3, -0.25) is 4.90 Å². The number of pyridine rings is 1. The van der Waals surface area contributed by atoms with Gasteiger partial charge in [-0.25, -0.2) is 14.6 Å². The second-order valence-corrected chi connectivity index (χ2v) is 6.01. The summed E-state index contributed by atoms with van der Waals surface area (Å²) >= 11 is 3.30. The lowest BCUT2D eigenvalue weighted by Gasteiger charge is -2.40. The van der Waals surface area contributed by atoms with Crippen molar-refractivity contribution < 1.29 is 23.8 Å². The van der Waals surface area contributed by atoms with Crippen molar-refractivity contribution >= 4 is 33.6 Å². The number of hydrogen-bond acceptors (Lipinski definition) is 8. The van der Waals surface area contributed by atoms with Crippen molar-refractivity contribution in [2.24, 2.45) is 0 Å². The minimum absolute atomic E-state index is 0.143. The second-order valence-electron chi connectivity index (χ2n) is 5.26. The van der Waals surface area contributed by atoms with Gasteiger partial charge in [0.15, 0.2) is 5.75 Å². The molecule has 0 atom stereocenters. The van der Waals surface area contributed by atoms with E-state index < -0.39 is 17.8 Å². The van der Waals surface area contributed by atoms with Crippen LogP contribution in [0.1, 0.15) is 6.42 Å². The zero-order valence-electron chi connectivity index (χ0n) is 13.0. The van der Waals surface area contributed by atoms with Crippen molar-refractivity contribution in [2.75, 3.05) is 31.6 Å². The van der Waals surface area contributed by atoms with Crippen molar-refractivity contribution in [1.29, 1.82) is 0 Å². The number of nitrogens with one attached hydrogen (secondary N) is 1. The van der Waals surface area contributed by atoms with E-state index in [9.17, 15) is 9.59 Å². The maximum atomic E-state index is 11.9. The molecule has 1 fully saturated rings. The molecule has 3 heterocycles. The van der Waals surface area contributed by atoms with Crippen LogP contribution in [0.4, 0.5) is 5.69 Å². The fourth-order valence-corrected chi connectivity index (χ4v) is 3.01. The van der Waals surface area contributed by atoms with Crippen LogP contribution in [0.2, 0.25) is 0 Å². The smallest absolute Gasteiger partial charge is 0.356 e. The van der Waals surface area contributed by atoms with Crippen molar-refractivity contribution in [3.63, 3.8) is 0 Å². The highest BCUT2D eigenvalue weighted by Crippen LogP contribution is 2.33. The normalized spacial score (nSPS) is 20.2. The van der Waals surface area contributed by atoms with E-state index in [0.717, 1.165) is 18.6 Å². The lowest BCUT2D eigenvalue weighted by Crippen LogP contribution is -2.58. The zero-order valence-corrected chi connectivity index (χ0v) is 14.5. The molecule has 0 aliphatic carbocycles. The van der Waals surface area contributed by atoms with Crippen LogP contribution < -0.4 is 15.0 Å². The number of hydrogen-bond donors (Lipinski definition) is 1. The van der Waals surface area contributed by atoms with Gasteiger partial charge < -0.3 is 19.5 Å². The molecular formula is C15H16BrN3O5. The van der Waals surface area contributed by atoms with Crippen LogP contribution in [0.5, 0.6) is 5.75 Å². The molecule has 1 spiro atoms. The number of ether oxygens (including phenoxy) is 3. The minimum atomic E-state index is -1.57. The molecule has 2 aliphatic heterocycles. The van der Waals surface area contributed by atoms with E-state index in [0.29, 0.717) is 29.1 Å². The van der Waals surface area contributed by atoms with E-state index in [-0.39, 0.29) is 6.54 Å². The number of carbonyl (C=O) groups is 2.